The van der Waals surface area contributed by atoms with Gasteiger partial charge < -0.3 is 16.2 Å². The quantitative estimate of drug-likeness (QED) is 0.508. The molecule has 54 valence electrons. The maximum atomic E-state index is 10.3. The summed E-state index contributed by atoms with van der Waals surface area (Å²) in [7, 11) is 1.48. The summed E-state index contributed by atoms with van der Waals surface area (Å²) in [5, 5.41) is 0. The third-order valence-electron chi connectivity index (χ3n) is 1.21. The van der Waals surface area contributed by atoms with E-state index >= 15 is 0 Å². The predicted octanol–water partition coefficient (Wildman–Crippen LogP) is -1.17. The molecule has 0 heterocycles. The smallest absolute Gasteiger partial charge is 0.237 e. The third-order valence-corrected chi connectivity index (χ3v) is 1.21. The molecule has 0 radical (unpaired) electrons. The number of carbonyl (C=O) groups excluding carboxylic acids is 1. The number of carbonyl (C=O) groups is 1. The summed E-state index contributed by atoms with van der Waals surface area (Å²) in [6.07, 6.45) is -0.303. The molecule has 4 nitrogen and oxygen atoms in total. The molecule has 9 heavy (non-hydrogen) atoms. The normalized spacial score (nSPS) is 16.8. The van der Waals surface area contributed by atoms with E-state index in [0.717, 1.165) is 0 Å². The van der Waals surface area contributed by atoms with E-state index in [1.165, 1.54) is 7.11 Å². The van der Waals surface area contributed by atoms with Gasteiger partial charge in [-0.15, -0.1) is 0 Å². The van der Waals surface area contributed by atoms with Crippen LogP contribution in [-0.2, 0) is 9.53 Å². The number of amides is 1. The average Bonchev–Trinajstić information content (AvgIpc) is 1.84. The molecule has 0 aliphatic heterocycles. The van der Waals surface area contributed by atoms with E-state index in [9.17, 15) is 4.79 Å². The van der Waals surface area contributed by atoms with E-state index in [1.54, 1.807) is 6.92 Å². The molecule has 0 bridgehead atoms. The standard InChI is InChI=1S/C5H12N2O2/c1-3(9-2)4(6)5(7)8/h3-4H,6H2,1-2H3,(H2,7,8)/t3?,4-/m0/s1. The van der Waals surface area contributed by atoms with Gasteiger partial charge in [-0.1, -0.05) is 0 Å². The van der Waals surface area contributed by atoms with Crippen LogP contribution < -0.4 is 11.5 Å². The van der Waals surface area contributed by atoms with Crippen LogP contribution in [0.15, 0.2) is 0 Å². The molecule has 0 aromatic carbocycles. The summed E-state index contributed by atoms with van der Waals surface area (Å²) in [5.41, 5.74) is 10.1. The zero-order chi connectivity index (χ0) is 7.44. The number of hydrogen-bond acceptors (Lipinski definition) is 3. The van der Waals surface area contributed by atoms with Gasteiger partial charge in [-0.2, -0.15) is 0 Å². The van der Waals surface area contributed by atoms with Crippen molar-refractivity contribution in [2.24, 2.45) is 11.5 Å². The highest BCUT2D eigenvalue weighted by molar-refractivity contribution is 5.80. The largest absolute Gasteiger partial charge is 0.380 e. The van der Waals surface area contributed by atoms with Crippen molar-refractivity contribution in [1.29, 1.82) is 0 Å². The van der Waals surface area contributed by atoms with Crippen molar-refractivity contribution < 1.29 is 9.53 Å². The van der Waals surface area contributed by atoms with Gasteiger partial charge in [0, 0.05) is 7.11 Å². The van der Waals surface area contributed by atoms with Gasteiger partial charge in [-0.3, -0.25) is 4.79 Å². The van der Waals surface area contributed by atoms with E-state index in [0.29, 0.717) is 0 Å². The van der Waals surface area contributed by atoms with Crippen molar-refractivity contribution >= 4 is 5.91 Å². The van der Waals surface area contributed by atoms with E-state index < -0.39 is 11.9 Å². The van der Waals surface area contributed by atoms with Crippen molar-refractivity contribution in [3.63, 3.8) is 0 Å². The first kappa shape index (κ1) is 8.39. The maximum absolute atomic E-state index is 10.3. The molecule has 0 aromatic heterocycles. The monoisotopic (exact) mass is 132 g/mol. The summed E-state index contributed by atoms with van der Waals surface area (Å²) in [6.45, 7) is 1.69. The summed E-state index contributed by atoms with van der Waals surface area (Å²) < 4.78 is 4.75. The second kappa shape index (κ2) is 3.42. The minimum Gasteiger partial charge on any atom is -0.380 e. The van der Waals surface area contributed by atoms with Crippen molar-refractivity contribution in [3.8, 4) is 0 Å². The zero-order valence-electron chi connectivity index (χ0n) is 5.63. The molecule has 0 aliphatic carbocycles. The molecule has 1 unspecified atom stereocenters. The molecule has 0 saturated heterocycles. The van der Waals surface area contributed by atoms with Crippen molar-refractivity contribution in [1.82, 2.24) is 0 Å². The van der Waals surface area contributed by atoms with Crippen LogP contribution >= 0.6 is 0 Å². The molecule has 0 aromatic rings. The summed E-state index contributed by atoms with van der Waals surface area (Å²) in [6, 6.07) is -0.699. The molecule has 1 amide bonds. The van der Waals surface area contributed by atoms with Crippen LogP contribution in [0.2, 0.25) is 0 Å². The Kier molecular flexibility index (Phi) is 3.19. The van der Waals surface area contributed by atoms with E-state index in [-0.39, 0.29) is 6.10 Å². The van der Waals surface area contributed by atoms with Crippen molar-refractivity contribution in [2.45, 2.75) is 19.1 Å². The van der Waals surface area contributed by atoms with Gasteiger partial charge in [-0.05, 0) is 6.92 Å². The molecular formula is C5H12N2O2. The number of rotatable bonds is 3. The Bertz CT molecular complexity index is 105. The maximum Gasteiger partial charge on any atom is 0.237 e. The highest BCUT2D eigenvalue weighted by atomic mass is 16.5. The lowest BCUT2D eigenvalue weighted by Crippen LogP contribution is -2.45. The number of primary amides is 1. The minimum absolute atomic E-state index is 0.303. The first-order valence-corrected chi connectivity index (χ1v) is 2.67. The van der Waals surface area contributed by atoms with Gasteiger partial charge in [0.2, 0.25) is 5.91 Å². The lowest BCUT2D eigenvalue weighted by molar-refractivity contribution is -0.121. The van der Waals surface area contributed by atoms with Crippen LogP contribution in [0.1, 0.15) is 6.92 Å². The average molecular weight is 132 g/mol. The summed E-state index contributed by atoms with van der Waals surface area (Å²) in [5.74, 6) is -0.538. The first-order chi connectivity index (χ1) is 4.09. The van der Waals surface area contributed by atoms with Crippen LogP contribution in [-0.4, -0.2) is 25.2 Å². The minimum atomic E-state index is -0.699. The van der Waals surface area contributed by atoms with Crippen LogP contribution in [0.5, 0.6) is 0 Å². The van der Waals surface area contributed by atoms with Gasteiger partial charge >= 0.3 is 0 Å². The SMILES string of the molecule is COC(C)[C@H](N)C(N)=O. The number of ether oxygens (including phenoxy) is 1. The Morgan fingerprint density at radius 3 is 2.22 bits per heavy atom. The van der Waals surface area contributed by atoms with Gasteiger partial charge in [-0.25, -0.2) is 0 Å². The Hall–Kier alpha value is -0.610. The Balaban J connectivity index is 3.72. The highest BCUT2D eigenvalue weighted by Crippen LogP contribution is 1.91. The molecule has 0 fully saturated rings. The molecule has 0 rings (SSSR count). The lowest BCUT2D eigenvalue weighted by Gasteiger charge is -2.13. The number of methoxy groups -OCH3 is 1. The fourth-order valence-electron chi connectivity index (χ4n) is 0.378. The second-order valence-electron chi connectivity index (χ2n) is 1.87. The Labute approximate surface area is 54.2 Å². The van der Waals surface area contributed by atoms with Crippen LogP contribution in [0.3, 0.4) is 0 Å². The van der Waals surface area contributed by atoms with Gasteiger partial charge in [0.15, 0.2) is 0 Å². The van der Waals surface area contributed by atoms with Gasteiger partial charge in [0.25, 0.3) is 0 Å². The molecule has 4 N–H and O–H groups in total. The molecule has 0 aliphatic rings. The fraction of sp³-hybridized carbons (Fsp3) is 0.800. The summed E-state index contributed by atoms with van der Waals surface area (Å²) >= 11 is 0. The first-order valence-electron chi connectivity index (χ1n) is 2.67. The molecule has 4 heteroatoms. The molecule has 0 saturated carbocycles. The lowest BCUT2D eigenvalue weighted by atomic mass is 10.2. The Morgan fingerprint density at radius 2 is 2.11 bits per heavy atom. The van der Waals surface area contributed by atoms with E-state index in [4.69, 9.17) is 16.2 Å². The topological polar surface area (TPSA) is 78.3 Å². The van der Waals surface area contributed by atoms with Crippen molar-refractivity contribution in [2.75, 3.05) is 7.11 Å². The fourth-order valence-corrected chi connectivity index (χ4v) is 0.378. The van der Waals surface area contributed by atoms with E-state index in [1.807, 2.05) is 0 Å². The summed E-state index contributed by atoms with van der Waals surface area (Å²) in [4.78, 5) is 10.3. The van der Waals surface area contributed by atoms with Crippen LogP contribution in [0.4, 0.5) is 0 Å². The Morgan fingerprint density at radius 1 is 1.67 bits per heavy atom. The zero-order valence-corrected chi connectivity index (χ0v) is 5.63. The molecule has 2 atom stereocenters. The van der Waals surface area contributed by atoms with E-state index in [2.05, 4.69) is 0 Å². The van der Waals surface area contributed by atoms with Gasteiger partial charge in [0.05, 0.1) is 6.10 Å². The predicted molar refractivity (Wildman–Crippen MR) is 33.6 cm³/mol. The molecule has 0 spiro atoms. The number of nitrogens with two attached hydrogens (primary N) is 2. The molecular weight excluding hydrogens is 120 g/mol. The second-order valence-corrected chi connectivity index (χ2v) is 1.87. The van der Waals surface area contributed by atoms with Crippen molar-refractivity contribution in [3.05, 3.63) is 0 Å². The highest BCUT2D eigenvalue weighted by Gasteiger charge is 2.16. The third kappa shape index (κ3) is 2.43. The number of hydrogen-bond donors (Lipinski definition) is 2. The van der Waals surface area contributed by atoms with Crippen LogP contribution in [0, 0.1) is 0 Å². The van der Waals surface area contributed by atoms with Crippen LogP contribution in [0.25, 0.3) is 0 Å². The van der Waals surface area contributed by atoms with Gasteiger partial charge in [0.1, 0.15) is 6.04 Å².